The summed E-state index contributed by atoms with van der Waals surface area (Å²) >= 11 is 0. The molecule has 2 rings (SSSR count). The number of hydrogen-bond donors (Lipinski definition) is 3. The second-order valence-electron chi connectivity index (χ2n) is 4.44. The summed E-state index contributed by atoms with van der Waals surface area (Å²) in [6.45, 7) is 3.78. The van der Waals surface area contributed by atoms with Crippen LogP contribution in [0.3, 0.4) is 0 Å². The third kappa shape index (κ3) is 3.25. The van der Waals surface area contributed by atoms with Gasteiger partial charge >= 0.3 is 6.03 Å². The lowest BCUT2D eigenvalue weighted by Crippen LogP contribution is -2.47. The van der Waals surface area contributed by atoms with Gasteiger partial charge in [-0.15, -0.1) is 6.58 Å². The molecule has 98 valence electrons. The summed E-state index contributed by atoms with van der Waals surface area (Å²) in [4.78, 5) is 12.0. The summed E-state index contributed by atoms with van der Waals surface area (Å²) in [5.41, 5.74) is 6.43. The SMILES string of the molecule is C=C[C@]1(NC(=O)Nc2ccc(N)cc2)C=CC=CC1. The lowest BCUT2D eigenvalue weighted by molar-refractivity contribution is 0.247. The third-order valence-electron chi connectivity index (χ3n) is 2.98. The zero-order valence-corrected chi connectivity index (χ0v) is 10.6. The second kappa shape index (κ2) is 5.44. The number of benzene rings is 1. The number of rotatable bonds is 3. The number of nitrogens with one attached hydrogen (secondary N) is 2. The molecule has 1 aromatic rings. The molecule has 1 aliphatic rings. The number of amides is 2. The van der Waals surface area contributed by atoms with E-state index in [1.54, 1.807) is 30.3 Å². The highest BCUT2D eigenvalue weighted by Crippen LogP contribution is 2.19. The van der Waals surface area contributed by atoms with Crippen molar-refractivity contribution in [3.8, 4) is 0 Å². The summed E-state index contributed by atoms with van der Waals surface area (Å²) in [5, 5.41) is 5.67. The smallest absolute Gasteiger partial charge is 0.320 e. The van der Waals surface area contributed by atoms with Crippen LogP contribution in [0, 0.1) is 0 Å². The Hall–Kier alpha value is -2.49. The highest BCUT2D eigenvalue weighted by atomic mass is 16.2. The van der Waals surface area contributed by atoms with Crippen LogP contribution in [0.15, 0.2) is 61.2 Å². The van der Waals surface area contributed by atoms with Crippen LogP contribution >= 0.6 is 0 Å². The molecule has 1 atom stereocenters. The van der Waals surface area contributed by atoms with Gasteiger partial charge in [0.25, 0.3) is 0 Å². The zero-order chi connectivity index (χ0) is 13.7. The molecule has 0 aromatic heterocycles. The third-order valence-corrected chi connectivity index (χ3v) is 2.98. The van der Waals surface area contributed by atoms with Crippen molar-refractivity contribution in [1.29, 1.82) is 0 Å². The Kier molecular flexibility index (Phi) is 3.71. The van der Waals surface area contributed by atoms with Gasteiger partial charge in [-0.2, -0.15) is 0 Å². The Bertz CT molecular complexity index is 531. The first kappa shape index (κ1) is 13.0. The quantitative estimate of drug-likeness (QED) is 0.574. The van der Waals surface area contributed by atoms with Gasteiger partial charge in [0.2, 0.25) is 0 Å². The Morgan fingerprint density at radius 2 is 2.05 bits per heavy atom. The summed E-state index contributed by atoms with van der Waals surface area (Å²) in [6.07, 6.45) is 10.2. The number of nitrogens with two attached hydrogens (primary N) is 1. The van der Waals surface area contributed by atoms with E-state index in [1.165, 1.54) is 0 Å². The lowest BCUT2D eigenvalue weighted by Gasteiger charge is -2.28. The van der Waals surface area contributed by atoms with Crippen LogP contribution in [0.5, 0.6) is 0 Å². The van der Waals surface area contributed by atoms with Crippen LogP contribution in [-0.4, -0.2) is 11.6 Å². The molecule has 2 amide bonds. The number of carbonyl (C=O) groups excluding carboxylic acids is 1. The normalized spacial score (nSPS) is 20.8. The van der Waals surface area contributed by atoms with E-state index in [9.17, 15) is 4.79 Å². The van der Waals surface area contributed by atoms with Gasteiger partial charge in [0.05, 0.1) is 5.54 Å². The molecule has 0 fully saturated rings. The molecule has 0 radical (unpaired) electrons. The van der Waals surface area contributed by atoms with Crippen molar-refractivity contribution in [3.05, 3.63) is 61.2 Å². The summed E-state index contributed by atoms with van der Waals surface area (Å²) in [6, 6.07) is 6.72. The van der Waals surface area contributed by atoms with Crippen molar-refractivity contribution in [2.24, 2.45) is 0 Å². The summed E-state index contributed by atoms with van der Waals surface area (Å²) in [5.74, 6) is 0. The fourth-order valence-electron chi connectivity index (χ4n) is 1.87. The van der Waals surface area contributed by atoms with Crippen molar-refractivity contribution in [3.63, 3.8) is 0 Å². The molecular weight excluding hydrogens is 238 g/mol. The van der Waals surface area contributed by atoms with Gasteiger partial charge < -0.3 is 16.4 Å². The van der Waals surface area contributed by atoms with Crippen LogP contribution in [0.4, 0.5) is 16.2 Å². The Morgan fingerprint density at radius 1 is 1.32 bits per heavy atom. The Balaban J connectivity index is 2.01. The first-order chi connectivity index (χ1) is 9.13. The Morgan fingerprint density at radius 3 is 2.63 bits per heavy atom. The highest BCUT2D eigenvalue weighted by molar-refractivity contribution is 5.90. The average molecular weight is 255 g/mol. The van der Waals surface area contributed by atoms with Crippen LogP contribution in [-0.2, 0) is 0 Å². The molecule has 1 aliphatic carbocycles. The number of hydrogen-bond acceptors (Lipinski definition) is 2. The van der Waals surface area contributed by atoms with Gasteiger partial charge in [-0.1, -0.05) is 30.4 Å². The molecule has 4 nitrogen and oxygen atoms in total. The molecule has 0 unspecified atom stereocenters. The van der Waals surface area contributed by atoms with E-state index >= 15 is 0 Å². The van der Waals surface area contributed by atoms with Crippen LogP contribution in [0.1, 0.15) is 6.42 Å². The molecule has 0 saturated heterocycles. The zero-order valence-electron chi connectivity index (χ0n) is 10.6. The van der Waals surface area contributed by atoms with Crippen molar-refractivity contribution in [1.82, 2.24) is 5.32 Å². The maximum absolute atomic E-state index is 12.0. The maximum Gasteiger partial charge on any atom is 0.320 e. The van der Waals surface area contributed by atoms with Crippen LogP contribution in [0.25, 0.3) is 0 Å². The van der Waals surface area contributed by atoms with E-state index in [2.05, 4.69) is 17.2 Å². The van der Waals surface area contributed by atoms with Gasteiger partial charge in [-0.3, -0.25) is 0 Å². The van der Waals surface area contributed by atoms with Gasteiger partial charge in [-0.05, 0) is 30.7 Å². The van der Waals surface area contributed by atoms with Crippen molar-refractivity contribution >= 4 is 17.4 Å². The van der Waals surface area contributed by atoms with E-state index in [-0.39, 0.29) is 6.03 Å². The molecule has 0 spiro atoms. The first-order valence-corrected chi connectivity index (χ1v) is 6.06. The number of urea groups is 1. The Labute approximate surface area is 112 Å². The van der Waals surface area contributed by atoms with Crippen molar-refractivity contribution < 1.29 is 4.79 Å². The topological polar surface area (TPSA) is 67.2 Å². The molecule has 19 heavy (non-hydrogen) atoms. The minimum atomic E-state index is -0.521. The molecule has 1 aromatic carbocycles. The van der Waals surface area contributed by atoms with E-state index in [4.69, 9.17) is 5.73 Å². The second-order valence-corrected chi connectivity index (χ2v) is 4.44. The standard InChI is InChI=1S/C15H17N3O/c1-2-15(10-4-3-5-11-15)18-14(19)17-13-8-6-12(16)7-9-13/h2-10H,1,11,16H2,(H2,17,18,19)/t15-/m0/s1. The van der Waals surface area contributed by atoms with Gasteiger partial charge in [0.1, 0.15) is 0 Å². The number of nitrogen functional groups attached to an aromatic ring is 1. The monoisotopic (exact) mass is 255 g/mol. The van der Waals surface area contributed by atoms with E-state index < -0.39 is 5.54 Å². The number of carbonyl (C=O) groups is 1. The predicted octanol–water partition coefficient (Wildman–Crippen LogP) is 2.83. The highest BCUT2D eigenvalue weighted by Gasteiger charge is 2.25. The molecule has 4 N–H and O–H groups in total. The summed E-state index contributed by atoms with van der Waals surface area (Å²) in [7, 11) is 0. The van der Waals surface area contributed by atoms with Crippen LogP contribution in [0.2, 0.25) is 0 Å². The molecule has 0 aliphatic heterocycles. The van der Waals surface area contributed by atoms with Gasteiger partial charge in [-0.25, -0.2) is 4.79 Å². The maximum atomic E-state index is 12.0. The summed E-state index contributed by atoms with van der Waals surface area (Å²) < 4.78 is 0. The van der Waals surface area contributed by atoms with E-state index in [0.717, 1.165) is 0 Å². The largest absolute Gasteiger partial charge is 0.399 e. The van der Waals surface area contributed by atoms with Gasteiger partial charge in [0.15, 0.2) is 0 Å². The van der Waals surface area contributed by atoms with E-state index in [0.29, 0.717) is 17.8 Å². The predicted molar refractivity (Wildman–Crippen MR) is 78.8 cm³/mol. The molecule has 0 bridgehead atoms. The fourth-order valence-corrected chi connectivity index (χ4v) is 1.87. The van der Waals surface area contributed by atoms with Gasteiger partial charge in [0, 0.05) is 11.4 Å². The molecule has 0 heterocycles. The minimum absolute atomic E-state index is 0.273. The van der Waals surface area contributed by atoms with E-state index in [1.807, 2.05) is 24.3 Å². The lowest BCUT2D eigenvalue weighted by atomic mass is 9.91. The average Bonchev–Trinajstić information content (AvgIpc) is 2.42. The van der Waals surface area contributed by atoms with Crippen molar-refractivity contribution in [2.45, 2.75) is 12.0 Å². The molecule has 4 heteroatoms. The fraction of sp³-hybridized carbons (Fsp3) is 0.133. The van der Waals surface area contributed by atoms with Crippen LogP contribution < -0.4 is 16.4 Å². The first-order valence-electron chi connectivity index (χ1n) is 6.06. The molecule has 0 saturated carbocycles. The molecular formula is C15H17N3O. The van der Waals surface area contributed by atoms with Crippen molar-refractivity contribution in [2.75, 3.05) is 11.1 Å². The number of allylic oxidation sites excluding steroid dienone is 2. The minimum Gasteiger partial charge on any atom is -0.399 e. The number of anilines is 2.